The van der Waals surface area contributed by atoms with Gasteiger partial charge in [0.15, 0.2) is 0 Å². The summed E-state index contributed by atoms with van der Waals surface area (Å²) >= 11 is 3.42. The first-order valence-corrected chi connectivity index (χ1v) is 2.44. The molecule has 0 unspecified atom stereocenters. The van der Waals surface area contributed by atoms with Crippen molar-refractivity contribution in [3.8, 4) is 11.8 Å². The summed E-state index contributed by atoms with van der Waals surface area (Å²) in [5.41, 5.74) is 0. The highest BCUT2D eigenvalue weighted by Crippen LogP contribution is 1.73. The van der Waals surface area contributed by atoms with Crippen molar-refractivity contribution in [2.45, 2.75) is 13.3 Å². The van der Waals surface area contributed by atoms with E-state index in [1.807, 2.05) is 6.92 Å². The van der Waals surface area contributed by atoms with Gasteiger partial charge in [-0.2, -0.15) is 0 Å². The molecule has 0 bridgehead atoms. The van der Waals surface area contributed by atoms with Crippen molar-refractivity contribution in [3.05, 3.63) is 0 Å². The Balaban J connectivity index is 3.45. The summed E-state index contributed by atoms with van der Waals surface area (Å²) in [7, 11) is 0. The Morgan fingerprint density at radius 2 is 2.43 bits per heavy atom. The fourth-order valence-electron chi connectivity index (χ4n) is 0.164. The molecule has 0 saturated heterocycles. The maximum Gasteiger partial charge on any atom is 0.259 e. The number of carbonyl (C=O) groups is 1. The van der Waals surface area contributed by atoms with Crippen LogP contribution in [0.2, 0.25) is 0 Å². The van der Waals surface area contributed by atoms with Crippen LogP contribution in [-0.4, -0.2) is 5.12 Å². The monoisotopic (exact) mass is 114 g/mol. The van der Waals surface area contributed by atoms with Crippen LogP contribution < -0.4 is 0 Å². The van der Waals surface area contributed by atoms with Crippen molar-refractivity contribution in [3.63, 3.8) is 0 Å². The van der Waals surface area contributed by atoms with E-state index in [0.717, 1.165) is 0 Å². The van der Waals surface area contributed by atoms with Gasteiger partial charge in [0.2, 0.25) is 0 Å². The lowest BCUT2D eigenvalue weighted by molar-refractivity contribution is -0.106. The topological polar surface area (TPSA) is 17.1 Å². The second-order valence-corrected chi connectivity index (χ2v) is 1.37. The molecular formula is C5H6OS. The summed E-state index contributed by atoms with van der Waals surface area (Å²) < 4.78 is 0. The van der Waals surface area contributed by atoms with E-state index in [-0.39, 0.29) is 5.12 Å². The van der Waals surface area contributed by atoms with Crippen LogP contribution in [0.3, 0.4) is 0 Å². The van der Waals surface area contributed by atoms with Gasteiger partial charge in [0, 0.05) is 6.42 Å². The first kappa shape index (κ1) is 6.58. The molecule has 0 aliphatic rings. The summed E-state index contributed by atoms with van der Waals surface area (Å²) in [6.45, 7) is 1.88. The molecule has 0 saturated carbocycles. The highest BCUT2D eigenvalue weighted by molar-refractivity contribution is 7.97. The van der Waals surface area contributed by atoms with Gasteiger partial charge in [0.05, 0.1) is 0 Å². The second kappa shape index (κ2) is 3.76. The molecular weight excluding hydrogens is 108 g/mol. The van der Waals surface area contributed by atoms with Gasteiger partial charge in [0.25, 0.3) is 5.12 Å². The minimum atomic E-state index is -0.359. The lowest BCUT2D eigenvalue weighted by Gasteiger charge is -1.66. The van der Waals surface area contributed by atoms with Crippen LogP contribution >= 0.6 is 12.6 Å². The molecule has 0 rings (SSSR count). The molecule has 0 amide bonds. The molecule has 0 fully saturated rings. The van der Waals surface area contributed by atoms with E-state index in [1.165, 1.54) is 0 Å². The number of hydrogen-bond acceptors (Lipinski definition) is 1. The molecule has 0 aromatic carbocycles. The summed E-state index contributed by atoms with van der Waals surface area (Å²) in [5, 5.41) is -0.359. The van der Waals surface area contributed by atoms with Crippen LogP contribution in [-0.2, 0) is 4.79 Å². The van der Waals surface area contributed by atoms with Crippen molar-refractivity contribution in [1.82, 2.24) is 0 Å². The Kier molecular flexibility index (Phi) is 3.53. The third kappa shape index (κ3) is 5.58. The summed E-state index contributed by atoms with van der Waals surface area (Å²) in [4.78, 5) is 9.89. The fourth-order valence-corrected chi connectivity index (χ4v) is 0.243. The van der Waals surface area contributed by atoms with Crippen LogP contribution in [0, 0.1) is 11.8 Å². The molecule has 1 nitrogen and oxygen atoms in total. The van der Waals surface area contributed by atoms with Crippen molar-refractivity contribution < 1.29 is 4.79 Å². The van der Waals surface area contributed by atoms with Gasteiger partial charge in [-0.05, 0) is 5.92 Å². The number of rotatable bonds is 0. The molecule has 0 aromatic rings. The highest BCUT2D eigenvalue weighted by Gasteiger charge is 1.75. The largest absolute Gasteiger partial charge is 0.272 e. The second-order valence-electron chi connectivity index (χ2n) is 0.960. The SMILES string of the molecule is CCC#CC(=O)S. The van der Waals surface area contributed by atoms with Crippen LogP contribution in [0.15, 0.2) is 0 Å². The minimum Gasteiger partial charge on any atom is -0.272 e. The first-order valence-electron chi connectivity index (χ1n) is 1.99. The van der Waals surface area contributed by atoms with E-state index in [0.29, 0.717) is 6.42 Å². The molecule has 0 atom stereocenters. The Hall–Kier alpha value is -0.420. The lowest BCUT2D eigenvalue weighted by atomic mass is 10.5. The van der Waals surface area contributed by atoms with E-state index in [2.05, 4.69) is 24.5 Å². The quantitative estimate of drug-likeness (QED) is 0.365. The summed E-state index contributed by atoms with van der Waals surface area (Å²) in [6, 6.07) is 0. The van der Waals surface area contributed by atoms with Crippen molar-refractivity contribution in [2.75, 3.05) is 0 Å². The number of hydrogen-bond donors (Lipinski definition) is 1. The molecule has 2 heteroatoms. The molecule has 0 heterocycles. The molecule has 0 N–H and O–H groups in total. The summed E-state index contributed by atoms with van der Waals surface area (Å²) in [5.74, 6) is 4.84. The zero-order chi connectivity index (χ0) is 5.70. The molecule has 0 aliphatic heterocycles. The standard InChI is InChI=1S/C5H6OS/c1-2-3-4-5(6)7/h2H2,1H3,(H,6,7). The number of thiol groups is 1. The normalized spacial score (nSPS) is 6.57. The zero-order valence-electron chi connectivity index (χ0n) is 4.06. The van der Waals surface area contributed by atoms with E-state index >= 15 is 0 Å². The third-order valence-corrected chi connectivity index (χ3v) is 0.484. The van der Waals surface area contributed by atoms with Gasteiger partial charge in [-0.15, -0.1) is 0 Å². The van der Waals surface area contributed by atoms with Gasteiger partial charge in [0.1, 0.15) is 0 Å². The highest BCUT2D eigenvalue weighted by atomic mass is 32.1. The predicted octanol–water partition coefficient (Wildman–Crippen LogP) is 0.856. The number of carbonyl (C=O) groups excluding carboxylic acids is 1. The Morgan fingerprint density at radius 3 is 2.57 bits per heavy atom. The van der Waals surface area contributed by atoms with Crippen molar-refractivity contribution >= 4 is 17.7 Å². The van der Waals surface area contributed by atoms with Crippen molar-refractivity contribution in [2.24, 2.45) is 0 Å². The lowest BCUT2D eigenvalue weighted by Crippen LogP contribution is -1.73. The van der Waals surface area contributed by atoms with Crippen LogP contribution in [0.25, 0.3) is 0 Å². The molecule has 0 aliphatic carbocycles. The Labute approximate surface area is 48.5 Å². The average Bonchev–Trinajstić information content (AvgIpc) is 1.61. The first-order chi connectivity index (χ1) is 3.27. The van der Waals surface area contributed by atoms with Gasteiger partial charge in [-0.25, -0.2) is 0 Å². The van der Waals surface area contributed by atoms with Crippen molar-refractivity contribution in [1.29, 1.82) is 0 Å². The van der Waals surface area contributed by atoms with Gasteiger partial charge >= 0.3 is 0 Å². The predicted molar refractivity (Wildman–Crippen MR) is 32.1 cm³/mol. The molecule has 0 radical (unpaired) electrons. The third-order valence-electron chi connectivity index (χ3n) is 0.372. The van der Waals surface area contributed by atoms with Crippen LogP contribution in [0.5, 0.6) is 0 Å². The Bertz CT molecular complexity index is 118. The molecule has 38 valence electrons. The van der Waals surface area contributed by atoms with Crippen LogP contribution in [0.4, 0.5) is 0 Å². The van der Waals surface area contributed by atoms with E-state index in [9.17, 15) is 4.79 Å². The van der Waals surface area contributed by atoms with Crippen LogP contribution in [0.1, 0.15) is 13.3 Å². The van der Waals surface area contributed by atoms with Gasteiger partial charge < -0.3 is 0 Å². The molecule has 7 heavy (non-hydrogen) atoms. The molecule has 0 spiro atoms. The minimum absolute atomic E-state index is 0.359. The zero-order valence-corrected chi connectivity index (χ0v) is 4.96. The smallest absolute Gasteiger partial charge is 0.259 e. The van der Waals surface area contributed by atoms with E-state index in [1.54, 1.807) is 0 Å². The Morgan fingerprint density at radius 1 is 1.86 bits per heavy atom. The van der Waals surface area contributed by atoms with Gasteiger partial charge in [-0.3, -0.25) is 4.79 Å². The maximum absolute atomic E-state index is 9.89. The summed E-state index contributed by atoms with van der Waals surface area (Å²) in [6.07, 6.45) is 0.715. The van der Waals surface area contributed by atoms with E-state index < -0.39 is 0 Å². The maximum atomic E-state index is 9.89. The average molecular weight is 114 g/mol. The molecule has 0 aromatic heterocycles. The van der Waals surface area contributed by atoms with Gasteiger partial charge in [-0.1, -0.05) is 25.5 Å². The van der Waals surface area contributed by atoms with E-state index in [4.69, 9.17) is 0 Å². The fraction of sp³-hybridized carbons (Fsp3) is 0.400.